The summed E-state index contributed by atoms with van der Waals surface area (Å²) >= 11 is 0. The number of hydrogen-bond acceptors (Lipinski definition) is 0. The highest BCUT2D eigenvalue weighted by Crippen LogP contribution is 2.17. The van der Waals surface area contributed by atoms with Crippen molar-refractivity contribution in [1.29, 1.82) is 0 Å². The van der Waals surface area contributed by atoms with Gasteiger partial charge in [-0.2, -0.15) is 0 Å². The van der Waals surface area contributed by atoms with E-state index in [0.29, 0.717) is 0 Å². The lowest BCUT2D eigenvalue weighted by Gasteiger charge is -1.92. The normalized spacial score (nSPS) is 11.5. The predicted octanol–water partition coefficient (Wildman–Crippen LogP) is 3.29. The van der Waals surface area contributed by atoms with Crippen LogP contribution in [0.15, 0.2) is 42.6 Å². The van der Waals surface area contributed by atoms with Crippen molar-refractivity contribution in [1.82, 2.24) is 4.98 Å². The van der Waals surface area contributed by atoms with Gasteiger partial charge in [-0.05, 0) is 25.0 Å². The molecular formula is C12H13N. The first-order chi connectivity index (χ1) is 6.42. The van der Waals surface area contributed by atoms with Gasteiger partial charge in [0, 0.05) is 17.1 Å². The van der Waals surface area contributed by atoms with Gasteiger partial charge in [-0.3, -0.25) is 0 Å². The third kappa shape index (κ3) is 1.50. The summed E-state index contributed by atoms with van der Waals surface area (Å²) < 4.78 is 0. The van der Waals surface area contributed by atoms with Gasteiger partial charge in [0.2, 0.25) is 0 Å². The second-order valence-electron chi connectivity index (χ2n) is 3.13. The number of para-hydroxylation sites is 1. The fraction of sp³-hybridized carbons (Fsp3) is 0.167. The summed E-state index contributed by atoms with van der Waals surface area (Å²) in [6.45, 7) is 2.05. The van der Waals surface area contributed by atoms with Crippen molar-refractivity contribution >= 4 is 10.9 Å². The molecule has 0 amide bonds. The second kappa shape index (κ2) is 3.48. The lowest BCUT2D eigenvalue weighted by molar-refractivity contribution is 1.28. The zero-order valence-corrected chi connectivity index (χ0v) is 7.75. The summed E-state index contributed by atoms with van der Waals surface area (Å²) in [5.41, 5.74) is 2.59. The number of rotatable bonds is 2. The average molecular weight is 171 g/mol. The number of aromatic amines is 1. The van der Waals surface area contributed by atoms with Crippen molar-refractivity contribution in [3.63, 3.8) is 0 Å². The molecule has 2 aromatic rings. The predicted molar refractivity (Wildman–Crippen MR) is 56.8 cm³/mol. The summed E-state index contributed by atoms with van der Waals surface area (Å²) in [5, 5.41) is 1.33. The molecule has 66 valence electrons. The molecule has 0 unspecified atom stereocenters. The Kier molecular flexibility index (Phi) is 2.17. The highest BCUT2D eigenvalue weighted by molar-refractivity contribution is 5.83. The maximum atomic E-state index is 3.26. The van der Waals surface area contributed by atoms with Crippen LogP contribution in [0.4, 0.5) is 0 Å². The summed E-state index contributed by atoms with van der Waals surface area (Å²) in [4.78, 5) is 3.26. The zero-order chi connectivity index (χ0) is 9.10. The summed E-state index contributed by atoms with van der Waals surface area (Å²) in [6.07, 6.45) is 7.36. The van der Waals surface area contributed by atoms with E-state index in [1.54, 1.807) is 0 Å². The van der Waals surface area contributed by atoms with Crippen LogP contribution >= 0.6 is 0 Å². The maximum absolute atomic E-state index is 3.26. The van der Waals surface area contributed by atoms with E-state index < -0.39 is 0 Å². The first-order valence-electron chi connectivity index (χ1n) is 4.58. The van der Waals surface area contributed by atoms with Crippen LogP contribution in [-0.4, -0.2) is 4.98 Å². The highest BCUT2D eigenvalue weighted by atomic mass is 14.7. The number of allylic oxidation sites excluding steroid dienone is 2. The van der Waals surface area contributed by atoms with Gasteiger partial charge in [-0.25, -0.2) is 0 Å². The molecule has 0 radical (unpaired) electrons. The number of nitrogens with one attached hydrogen (secondary N) is 1. The first-order valence-corrected chi connectivity index (χ1v) is 4.58. The SMILES string of the molecule is CC=CCc1c[nH]c2ccccc12. The van der Waals surface area contributed by atoms with Crippen molar-refractivity contribution in [3.05, 3.63) is 48.2 Å². The van der Waals surface area contributed by atoms with Crippen LogP contribution < -0.4 is 0 Å². The molecule has 0 spiro atoms. The van der Waals surface area contributed by atoms with Crippen molar-refractivity contribution in [2.75, 3.05) is 0 Å². The minimum absolute atomic E-state index is 1.01. The molecule has 1 aromatic heterocycles. The standard InChI is InChI=1S/C12H13N/c1-2-3-6-10-9-13-12-8-5-4-7-11(10)12/h2-5,7-9,13H,6H2,1H3. The van der Waals surface area contributed by atoms with Crippen molar-refractivity contribution in [2.24, 2.45) is 0 Å². The first kappa shape index (κ1) is 8.11. The number of benzene rings is 1. The molecule has 0 aliphatic carbocycles. The molecule has 1 aromatic carbocycles. The van der Waals surface area contributed by atoms with E-state index in [2.05, 4.69) is 54.5 Å². The van der Waals surface area contributed by atoms with E-state index in [9.17, 15) is 0 Å². The Bertz CT molecular complexity index is 423. The van der Waals surface area contributed by atoms with E-state index in [0.717, 1.165) is 6.42 Å². The van der Waals surface area contributed by atoms with Crippen molar-refractivity contribution in [2.45, 2.75) is 13.3 Å². The Labute approximate surface area is 78.1 Å². The van der Waals surface area contributed by atoms with Gasteiger partial charge in [-0.15, -0.1) is 0 Å². The van der Waals surface area contributed by atoms with Gasteiger partial charge in [-0.1, -0.05) is 30.4 Å². The Morgan fingerprint density at radius 1 is 1.31 bits per heavy atom. The van der Waals surface area contributed by atoms with E-state index in [-0.39, 0.29) is 0 Å². The number of aromatic nitrogens is 1. The molecule has 0 saturated heterocycles. The Hall–Kier alpha value is -1.50. The largest absolute Gasteiger partial charge is 0.361 e. The van der Waals surface area contributed by atoms with E-state index >= 15 is 0 Å². The Morgan fingerprint density at radius 3 is 3.00 bits per heavy atom. The van der Waals surface area contributed by atoms with E-state index in [4.69, 9.17) is 0 Å². The van der Waals surface area contributed by atoms with Gasteiger partial charge in [0.1, 0.15) is 0 Å². The van der Waals surface area contributed by atoms with Gasteiger partial charge < -0.3 is 4.98 Å². The minimum Gasteiger partial charge on any atom is -0.361 e. The van der Waals surface area contributed by atoms with Gasteiger partial charge >= 0.3 is 0 Å². The zero-order valence-electron chi connectivity index (χ0n) is 7.75. The van der Waals surface area contributed by atoms with Crippen molar-refractivity contribution in [3.8, 4) is 0 Å². The molecule has 13 heavy (non-hydrogen) atoms. The van der Waals surface area contributed by atoms with Crippen molar-refractivity contribution < 1.29 is 0 Å². The van der Waals surface area contributed by atoms with Crippen LogP contribution in [0.5, 0.6) is 0 Å². The molecule has 0 bridgehead atoms. The fourth-order valence-electron chi connectivity index (χ4n) is 1.55. The maximum Gasteiger partial charge on any atom is 0.0456 e. The topological polar surface area (TPSA) is 15.8 Å². The van der Waals surface area contributed by atoms with Crippen LogP contribution in [0.3, 0.4) is 0 Å². The van der Waals surface area contributed by atoms with Crippen LogP contribution in [-0.2, 0) is 6.42 Å². The average Bonchev–Trinajstić information content (AvgIpc) is 2.58. The molecule has 1 nitrogen and oxygen atoms in total. The van der Waals surface area contributed by atoms with Crippen LogP contribution in [0.1, 0.15) is 12.5 Å². The minimum atomic E-state index is 1.01. The molecular weight excluding hydrogens is 158 g/mol. The van der Waals surface area contributed by atoms with Crippen LogP contribution in [0, 0.1) is 0 Å². The van der Waals surface area contributed by atoms with Crippen LogP contribution in [0.25, 0.3) is 10.9 Å². The molecule has 1 heteroatoms. The molecule has 0 aliphatic rings. The lowest BCUT2D eigenvalue weighted by Crippen LogP contribution is -1.75. The molecule has 0 atom stereocenters. The smallest absolute Gasteiger partial charge is 0.0456 e. The molecule has 2 rings (SSSR count). The number of H-pyrrole nitrogens is 1. The molecule has 0 fully saturated rings. The van der Waals surface area contributed by atoms with Gasteiger partial charge in [0.15, 0.2) is 0 Å². The number of fused-ring (bicyclic) bond motifs is 1. The fourth-order valence-corrected chi connectivity index (χ4v) is 1.55. The molecule has 1 N–H and O–H groups in total. The Balaban J connectivity index is 2.45. The summed E-state index contributed by atoms with van der Waals surface area (Å²) in [7, 11) is 0. The monoisotopic (exact) mass is 171 g/mol. The number of hydrogen-bond donors (Lipinski definition) is 1. The molecule has 0 aliphatic heterocycles. The third-order valence-electron chi connectivity index (χ3n) is 2.25. The van der Waals surface area contributed by atoms with Crippen LogP contribution in [0.2, 0.25) is 0 Å². The molecule has 1 heterocycles. The lowest BCUT2D eigenvalue weighted by atomic mass is 10.1. The molecule has 0 saturated carbocycles. The van der Waals surface area contributed by atoms with Gasteiger partial charge in [0.05, 0.1) is 0 Å². The summed E-state index contributed by atoms with van der Waals surface area (Å²) in [6, 6.07) is 8.40. The summed E-state index contributed by atoms with van der Waals surface area (Å²) in [5.74, 6) is 0. The quantitative estimate of drug-likeness (QED) is 0.667. The second-order valence-corrected chi connectivity index (χ2v) is 3.13. The Morgan fingerprint density at radius 2 is 2.15 bits per heavy atom. The highest BCUT2D eigenvalue weighted by Gasteiger charge is 1.99. The third-order valence-corrected chi connectivity index (χ3v) is 2.25. The van der Waals surface area contributed by atoms with Gasteiger partial charge in [0.25, 0.3) is 0 Å². The van der Waals surface area contributed by atoms with E-state index in [1.807, 2.05) is 0 Å². The van der Waals surface area contributed by atoms with E-state index in [1.165, 1.54) is 16.5 Å².